The molecule has 0 aliphatic carbocycles. The van der Waals surface area contributed by atoms with Crippen LogP contribution in [0.1, 0.15) is 11.3 Å². The van der Waals surface area contributed by atoms with Gasteiger partial charge >= 0.3 is 0 Å². The minimum Gasteiger partial charge on any atom is -0.331 e. The normalized spacial score (nSPS) is 10.4. The number of para-hydroxylation sites is 1. The van der Waals surface area contributed by atoms with Crippen LogP contribution in [0.2, 0.25) is 0 Å². The Morgan fingerprint density at radius 3 is 2.74 bits per heavy atom. The molecular weight excluding hydrogens is 256 g/mol. The van der Waals surface area contributed by atoms with Gasteiger partial charge in [-0.3, -0.25) is 10.4 Å². The molecule has 0 radical (unpaired) electrons. The van der Waals surface area contributed by atoms with Gasteiger partial charge in [-0.2, -0.15) is 5.10 Å². The van der Waals surface area contributed by atoms with E-state index in [-0.39, 0.29) is 0 Å². The van der Waals surface area contributed by atoms with Gasteiger partial charge in [0.2, 0.25) is 0 Å². The van der Waals surface area contributed by atoms with Crippen LogP contribution < -0.4 is 10.7 Å². The van der Waals surface area contributed by atoms with Crippen LogP contribution in [0.4, 0.5) is 5.69 Å². The number of hydrogen-bond donors (Lipinski definition) is 2. The van der Waals surface area contributed by atoms with Gasteiger partial charge < -0.3 is 5.32 Å². The first-order valence-corrected chi connectivity index (χ1v) is 6.23. The molecule has 0 amide bonds. The fourth-order valence-corrected chi connectivity index (χ4v) is 1.64. The summed E-state index contributed by atoms with van der Waals surface area (Å²) in [6.45, 7) is 2.02. The summed E-state index contributed by atoms with van der Waals surface area (Å²) in [5.74, 6) is 0. The maximum Gasteiger partial charge on any atom is 0.191 e. The van der Waals surface area contributed by atoms with Gasteiger partial charge in [0.1, 0.15) is 0 Å². The molecule has 0 atom stereocenters. The Bertz CT molecular complexity index is 581. The molecule has 5 heteroatoms. The first-order valence-electron chi connectivity index (χ1n) is 5.82. The van der Waals surface area contributed by atoms with Crippen molar-refractivity contribution in [3.05, 3.63) is 59.9 Å². The molecule has 2 aromatic rings. The number of pyridine rings is 1. The zero-order chi connectivity index (χ0) is 13.5. The van der Waals surface area contributed by atoms with Gasteiger partial charge in [0, 0.05) is 11.9 Å². The maximum atomic E-state index is 5.15. The number of aryl methyl sites for hydroxylation is 1. The van der Waals surface area contributed by atoms with Crippen molar-refractivity contribution >= 4 is 29.2 Å². The highest BCUT2D eigenvalue weighted by molar-refractivity contribution is 7.80. The van der Waals surface area contributed by atoms with Crippen molar-refractivity contribution in [3.63, 3.8) is 0 Å². The highest BCUT2D eigenvalue weighted by Gasteiger charge is 1.98. The van der Waals surface area contributed by atoms with E-state index in [1.165, 1.54) is 0 Å². The third-order valence-corrected chi connectivity index (χ3v) is 2.64. The lowest BCUT2D eigenvalue weighted by Crippen LogP contribution is -2.24. The molecule has 96 valence electrons. The topological polar surface area (TPSA) is 49.3 Å². The fourth-order valence-electron chi connectivity index (χ4n) is 1.47. The van der Waals surface area contributed by atoms with Crippen LogP contribution in [-0.2, 0) is 0 Å². The van der Waals surface area contributed by atoms with E-state index >= 15 is 0 Å². The second-order valence-electron chi connectivity index (χ2n) is 3.89. The van der Waals surface area contributed by atoms with Crippen molar-refractivity contribution in [1.82, 2.24) is 10.4 Å². The molecule has 1 aromatic heterocycles. The van der Waals surface area contributed by atoms with Crippen LogP contribution in [0.3, 0.4) is 0 Å². The average molecular weight is 270 g/mol. The molecule has 0 bridgehead atoms. The largest absolute Gasteiger partial charge is 0.331 e. The van der Waals surface area contributed by atoms with Crippen molar-refractivity contribution in [2.24, 2.45) is 5.10 Å². The summed E-state index contributed by atoms with van der Waals surface area (Å²) in [5, 5.41) is 7.55. The van der Waals surface area contributed by atoms with Crippen molar-refractivity contribution in [1.29, 1.82) is 0 Å². The number of hydrazone groups is 1. The van der Waals surface area contributed by atoms with E-state index in [2.05, 4.69) is 20.8 Å². The lowest BCUT2D eigenvalue weighted by molar-refractivity contribution is 1.05. The second kappa shape index (κ2) is 6.61. The van der Waals surface area contributed by atoms with Gasteiger partial charge in [-0.1, -0.05) is 24.3 Å². The zero-order valence-electron chi connectivity index (χ0n) is 10.5. The summed E-state index contributed by atoms with van der Waals surface area (Å²) >= 11 is 5.15. The summed E-state index contributed by atoms with van der Waals surface area (Å²) in [6, 6.07) is 13.5. The molecule has 19 heavy (non-hydrogen) atoms. The monoisotopic (exact) mass is 270 g/mol. The third kappa shape index (κ3) is 4.15. The Labute approximate surface area is 117 Å². The number of nitrogens with one attached hydrogen (secondary N) is 2. The van der Waals surface area contributed by atoms with Gasteiger partial charge in [0.15, 0.2) is 5.11 Å². The maximum absolute atomic E-state index is 5.15. The number of nitrogens with zero attached hydrogens (tertiary/aromatic N) is 2. The predicted octanol–water partition coefficient (Wildman–Crippen LogP) is 2.71. The van der Waals surface area contributed by atoms with E-state index < -0.39 is 0 Å². The molecule has 0 fully saturated rings. The molecule has 0 spiro atoms. The number of aromatic nitrogens is 1. The Kier molecular flexibility index (Phi) is 4.58. The Morgan fingerprint density at radius 1 is 1.21 bits per heavy atom. The van der Waals surface area contributed by atoms with E-state index in [4.69, 9.17) is 12.2 Å². The summed E-state index contributed by atoms with van der Waals surface area (Å²) < 4.78 is 0. The summed E-state index contributed by atoms with van der Waals surface area (Å²) in [4.78, 5) is 4.12. The molecule has 0 aliphatic heterocycles. The van der Waals surface area contributed by atoms with E-state index in [0.29, 0.717) is 5.11 Å². The molecule has 2 N–H and O–H groups in total. The van der Waals surface area contributed by atoms with Gasteiger partial charge in [0.25, 0.3) is 0 Å². The lowest BCUT2D eigenvalue weighted by atomic mass is 10.2. The van der Waals surface area contributed by atoms with E-state index in [1.54, 1.807) is 12.4 Å². The number of hydrogen-bond acceptors (Lipinski definition) is 3. The molecule has 2 rings (SSSR count). The Morgan fingerprint density at radius 2 is 2.00 bits per heavy atom. The van der Waals surface area contributed by atoms with Gasteiger partial charge in [-0.25, -0.2) is 0 Å². The average Bonchev–Trinajstić information content (AvgIpc) is 2.43. The smallest absolute Gasteiger partial charge is 0.191 e. The van der Waals surface area contributed by atoms with Crippen molar-refractivity contribution < 1.29 is 0 Å². The standard InChI is InChI=1S/C14H14N4S/c1-11-6-2-3-8-13(11)17-14(19)18-16-10-12-7-4-5-9-15-12/h2-10H,1H3,(H2,17,18,19)/b16-10-. The van der Waals surface area contributed by atoms with E-state index in [1.807, 2.05) is 49.4 Å². The van der Waals surface area contributed by atoms with Crippen LogP contribution >= 0.6 is 12.2 Å². The van der Waals surface area contributed by atoms with Gasteiger partial charge in [0.05, 0.1) is 11.9 Å². The minimum absolute atomic E-state index is 0.446. The Hall–Kier alpha value is -2.27. The highest BCUT2D eigenvalue weighted by Crippen LogP contribution is 2.12. The molecule has 1 aromatic carbocycles. The van der Waals surface area contributed by atoms with Crippen molar-refractivity contribution in [2.45, 2.75) is 6.92 Å². The number of anilines is 1. The van der Waals surface area contributed by atoms with Crippen LogP contribution in [0.25, 0.3) is 0 Å². The first-order chi connectivity index (χ1) is 9.25. The third-order valence-electron chi connectivity index (χ3n) is 2.44. The fraction of sp³-hybridized carbons (Fsp3) is 0.0714. The molecule has 0 aliphatic rings. The molecule has 0 saturated carbocycles. The van der Waals surface area contributed by atoms with Crippen molar-refractivity contribution in [2.75, 3.05) is 5.32 Å². The summed E-state index contributed by atoms with van der Waals surface area (Å²) in [5.41, 5.74) is 5.62. The minimum atomic E-state index is 0.446. The quantitative estimate of drug-likeness (QED) is 0.511. The van der Waals surface area contributed by atoms with Crippen LogP contribution in [0.5, 0.6) is 0 Å². The van der Waals surface area contributed by atoms with Crippen LogP contribution in [0.15, 0.2) is 53.8 Å². The summed E-state index contributed by atoms with van der Waals surface area (Å²) in [6.07, 6.45) is 3.33. The van der Waals surface area contributed by atoms with Crippen molar-refractivity contribution in [3.8, 4) is 0 Å². The zero-order valence-corrected chi connectivity index (χ0v) is 11.3. The van der Waals surface area contributed by atoms with Crippen LogP contribution in [0, 0.1) is 6.92 Å². The van der Waals surface area contributed by atoms with E-state index in [9.17, 15) is 0 Å². The second-order valence-corrected chi connectivity index (χ2v) is 4.30. The molecule has 0 saturated heterocycles. The van der Waals surface area contributed by atoms with Gasteiger partial charge in [-0.05, 0) is 42.9 Å². The Balaban J connectivity index is 1.89. The molecule has 0 unspecified atom stereocenters. The molecule has 4 nitrogen and oxygen atoms in total. The van der Waals surface area contributed by atoms with E-state index in [0.717, 1.165) is 16.9 Å². The number of rotatable bonds is 3. The van der Waals surface area contributed by atoms with Crippen LogP contribution in [-0.4, -0.2) is 16.3 Å². The highest BCUT2D eigenvalue weighted by atomic mass is 32.1. The SMILES string of the molecule is Cc1ccccc1NC(=S)N/N=C\c1ccccn1. The number of benzene rings is 1. The summed E-state index contributed by atoms with van der Waals surface area (Å²) in [7, 11) is 0. The molecule has 1 heterocycles. The lowest BCUT2D eigenvalue weighted by Gasteiger charge is -2.09. The first kappa shape index (κ1) is 13.2. The van der Waals surface area contributed by atoms with Gasteiger partial charge in [-0.15, -0.1) is 0 Å². The molecular formula is C14H14N4S. The predicted molar refractivity (Wildman–Crippen MR) is 82.4 cm³/mol. The number of thiocarbonyl (C=S) groups is 1.